The van der Waals surface area contributed by atoms with Crippen LogP contribution in [0.25, 0.3) is 10.2 Å². The number of halogens is 4. The molecule has 0 unspecified atom stereocenters. The molecule has 0 aliphatic heterocycles. The van der Waals surface area contributed by atoms with Crippen molar-refractivity contribution in [3.8, 4) is 0 Å². The number of benzene rings is 1. The maximum atomic E-state index is 13.2. The van der Waals surface area contributed by atoms with Crippen LogP contribution in [0.2, 0.25) is 5.02 Å². The first-order valence-corrected chi connectivity index (χ1v) is 9.95. The second-order valence-electron chi connectivity index (χ2n) is 6.71. The van der Waals surface area contributed by atoms with Crippen molar-refractivity contribution in [2.75, 3.05) is 5.32 Å². The Hall–Kier alpha value is -2.85. The van der Waals surface area contributed by atoms with E-state index in [1.54, 1.807) is 29.8 Å². The molecular formula is C19H15ClF3N5OS. The summed E-state index contributed by atoms with van der Waals surface area (Å²) in [5, 5.41) is 11.1. The number of aromatic nitrogens is 4. The van der Waals surface area contributed by atoms with Crippen LogP contribution in [0.5, 0.6) is 0 Å². The van der Waals surface area contributed by atoms with Crippen molar-refractivity contribution >= 4 is 44.9 Å². The largest absolute Gasteiger partial charge is 0.435 e. The van der Waals surface area contributed by atoms with E-state index in [0.717, 1.165) is 21.6 Å². The highest BCUT2D eigenvalue weighted by molar-refractivity contribution is 7.20. The van der Waals surface area contributed by atoms with Crippen LogP contribution in [0.3, 0.4) is 0 Å². The zero-order valence-corrected chi connectivity index (χ0v) is 17.4. The van der Waals surface area contributed by atoms with E-state index in [-0.39, 0.29) is 15.1 Å². The highest BCUT2D eigenvalue weighted by Crippen LogP contribution is 2.37. The van der Waals surface area contributed by atoms with E-state index in [9.17, 15) is 18.0 Å². The van der Waals surface area contributed by atoms with Gasteiger partial charge in [0.2, 0.25) is 0 Å². The number of hydrogen-bond donors (Lipinski definition) is 1. The summed E-state index contributed by atoms with van der Waals surface area (Å²) in [5.41, 5.74) is 0.577. The minimum Gasteiger partial charge on any atom is -0.306 e. The molecule has 0 aliphatic carbocycles. The lowest BCUT2D eigenvalue weighted by Crippen LogP contribution is -2.15. The molecule has 1 N–H and O–H groups in total. The number of nitrogens with one attached hydrogen (secondary N) is 1. The average Bonchev–Trinajstić information content (AvgIpc) is 3.30. The van der Waals surface area contributed by atoms with Crippen molar-refractivity contribution < 1.29 is 18.0 Å². The van der Waals surface area contributed by atoms with E-state index in [4.69, 9.17) is 11.6 Å². The first-order valence-electron chi connectivity index (χ1n) is 8.76. The van der Waals surface area contributed by atoms with Crippen LogP contribution in [0.15, 0.2) is 36.4 Å². The van der Waals surface area contributed by atoms with Gasteiger partial charge in [-0.2, -0.15) is 23.4 Å². The second-order valence-corrected chi connectivity index (χ2v) is 8.18. The molecule has 3 heterocycles. The third-order valence-corrected chi connectivity index (χ3v) is 5.80. The minimum absolute atomic E-state index is 0.0937. The Morgan fingerprint density at radius 2 is 2.00 bits per heavy atom. The summed E-state index contributed by atoms with van der Waals surface area (Å²) in [6.07, 6.45) is -4.60. The lowest BCUT2D eigenvalue weighted by Gasteiger charge is -2.09. The fourth-order valence-electron chi connectivity index (χ4n) is 3.11. The molecule has 0 radical (unpaired) electrons. The molecular weight excluding hydrogens is 439 g/mol. The summed E-state index contributed by atoms with van der Waals surface area (Å²) in [4.78, 5) is 13.2. The molecule has 156 valence electrons. The lowest BCUT2D eigenvalue weighted by molar-refractivity contribution is -0.140. The number of carbonyl (C=O) groups is 1. The van der Waals surface area contributed by atoms with Gasteiger partial charge >= 0.3 is 6.18 Å². The zero-order chi connectivity index (χ0) is 21.6. The quantitative estimate of drug-likeness (QED) is 0.467. The third kappa shape index (κ3) is 3.92. The first kappa shape index (κ1) is 20.4. The average molecular weight is 454 g/mol. The number of carbonyl (C=O) groups excluding carboxylic acids is 1. The number of nitrogens with zero attached hydrogens (tertiary/aromatic N) is 4. The van der Waals surface area contributed by atoms with Crippen molar-refractivity contribution in [1.82, 2.24) is 19.6 Å². The molecule has 3 aromatic heterocycles. The Balaban J connectivity index is 1.62. The molecule has 0 aliphatic rings. The molecule has 4 rings (SSSR count). The number of anilines is 1. The van der Waals surface area contributed by atoms with Crippen LogP contribution in [-0.4, -0.2) is 25.5 Å². The minimum atomic E-state index is -4.60. The van der Waals surface area contributed by atoms with Gasteiger partial charge in [0.25, 0.3) is 5.91 Å². The molecule has 6 nitrogen and oxygen atoms in total. The van der Waals surface area contributed by atoms with E-state index in [2.05, 4.69) is 15.5 Å². The highest BCUT2D eigenvalue weighted by atomic mass is 35.5. The van der Waals surface area contributed by atoms with Crippen LogP contribution in [0.4, 0.5) is 19.0 Å². The van der Waals surface area contributed by atoms with Gasteiger partial charge in [0.1, 0.15) is 10.6 Å². The number of amides is 1. The fourth-order valence-corrected chi connectivity index (χ4v) is 4.30. The smallest absolute Gasteiger partial charge is 0.306 e. The second kappa shape index (κ2) is 7.44. The van der Waals surface area contributed by atoms with Crippen molar-refractivity contribution in [2.24, 2.45) is 7.05 Å². The number of alkyl halides is 3. The normalized spacial score (nSPS) is 11.9. The Kier molecular flexibility index (Phi) is 5.07. The van der Waals surface area contributed by atoms with Gasteiger partial charge < -0.3 is 5.32 Å². The Morgan fingerprint density at radius 3 is 2.70 bits per heavy atom. The molecule has 30 heavy (non-hydrogen) atoms. The Labute approximate surface area is 177 Å². The van der Waals surface area contributed by atoms with Gasteiger partial charge in [0, 0.05) is 23.5 Å². The predicted molar refractivity (Wildman–Crippen MR) is 109 cm³/mol. The summed E-state index contributed by atoms with van der Waals surface area (Å²) in [7, 11) is 1.42. The SMILES string of the molecule is Cc1cc(NC(=O)c2cc3c(C(F)(F)F)nn(C)c3s2)n(Cc2cccc(Cl)c2)n1. The topological polar surface area (TPSA) is 64.7 Å². The van der Waals surface area contributed by atoms with Crippen LogP contribution in [0, 0.1) is 6.92 Å². The summed E-state index contributed by atoms with van der Waals surface area (Å²) >= 11 is 6.97. The van der Waals surface area contributed by atoms with Crippen LogP contribution in [-0.2, 0) is 19.8 Å². The van der Waals surface area contributed by atoms with Gasteiger partial charge in [0.15, 0.2) is 5.69 Å². The summed E-state index contributed by atoms with van der Waals surface area (Å²) in [6, 6.07) is 10.2. The molecule has 0 fully saturated rings. The van der Waals surface area contributed by atoms with Crippen molar-refractivity contribution in [2.45, 2.75) is 19.6 Å². The Morgan fingerprint density at radius 1 is 1.23 bits per heavy atom. The molecule has 0 saturated heterocycles. The Bertz CT molecular complexity index is 1260. The fraction of sp³-hybridized carbons (Fsp3) is 0.211. The van der Waals surface area contributed by atoms with Gasteiger partial charge in [-0.05, 0) is 30.7 Å². The number of rotatable bonds is 4. The van der Waals surface area contributed by atoms with E-state index < -0.39 is 17.8 Å². The molecule has 1 aromatic carbocycles. The maximum absolute atomic E-state index is 13.2. The van der Waals surface area contributed by atoms with Gasteiger partial charge in [0.05, 0.1) is 17.1 Å². The van der Waals surface area contributed by atoms with Gasteiger partial charge in [-0.15, -0.1) is 11.3 Å². The molecule has 0 spiro atoms. The maximum Gasteiger partial charge on any atom is 0.435 e. The molecule has 1 amide bonds. The summed E-state index contributed by atoms with van der Waals surface area (Å²) in [6.45, 7) is 2.16. The van der Waals surface area contributed by atoms with E-state index in [0.29, 0.717) is 23.1 Å². The summed E-state index contributed by atoms with van der Waals surface area (Å²) in [5.74, 6) is -0.0827. The molecule has 0 bridgehead atoms. The number of aryl methyl sites for hydroxylation is 2. The number of hydrogen-bond acceptors (Lipinski definition) is 4. The van der Waals surface area contributed by atoms with Crippen molar-refractivity contribution in [3.05, 3.63) is 63.2 Å². The standard InChI is InChI=1S/C19H15ClF3N5OS/c1-10-6-15(28(25-10)9-11-4-3-5-12(20)7-11)24-17(29)14-8-13-16(19(21,22)23)26-27(2)18(13)30-14/h3-8H,9H2,1-2H3,(H,24,29). The van der Waals surface area contributed by atoms with E-state index in [1.807, 2.05) is 12.1 Å². The molecule has 11 heteroatoms. The van der Waals surface area contributed by atoms with Crippen molar-refractivity contribution in [3.63, 3.8) is 0 Å². The number of fused-ring (bicyclic) bond motifs is 1. The monoisotopic (exact) mass is 453 g/mol. The summed E-state index contributed by atoms with van der Waals surface area (Å²) < 4.78 is 42.3. The number of thiophene rings is 1. The lowest BCUT2D eigenvalue weighted by atomic mass is 10.2. The van der Waals surface area contributed by atoms with Gasteiger partial charge in [-0.25, -0.2) is 4.68 Å². The van der Waals surface area contributed by atoms with Crippen molar-refractivity contribution in [1.29, 1.82) is 0 Å². The van der Waals surface area contributed by atoms with Crippen LogP contribution in [0.1, 0.15) is 26.6 Å². The molecule has 4 aromatic rings. The zero-order valence-electron chi connectivity index (χ0n) is 15.8. The van der Waals surface area contributed by atoms with Crippen LogP contribution < -0.4 is 5.32 Å². The van der Waals surface area contributed by atoms with Gasteiger partial charge in [-0.1, -0.05) is 23.7 Å². The van der Waals surface area contributed by atoms with Crippen LogP contribution >= 0.6 is 22.9 Å². The predicted octanol–water partition coefficient (Wildman–Crippen LogP) is 5.11. The molecule has 0 saturated carbocycles. The van der Waals surface area contributed by atoms with E-state index in [1.165, 1.54) is 13.1 Å². The third-order valence-electron chi connectivity index (χ3n) is 4.37. The van der Waals surface area contributed by atoms with E-state index >= 15 is 0 Å². The molecule has 0 atom stereocenters. The first-order chi connectivity index (χ1) is 14.1. The highest BCUT2D eigenvalue weighted by Gasteiger charge is 2.37. The van der Waals surface area contributed by atoms with Gasteiger partial charge in [-0.3, -0.25) is 9.48 Å².